The number of allylic oxidation sites excluding steroid dienone is 2. The average molecular weight is 396 g/mol. The molecule has 0 aromatic heterocycles. The maximum atomic E-state index is 4.42. The second-order valence-electron chi connectivity index (χ2n) is 11.4. The molecule has 0 radical (unpaired) electrons. The van der Waals surface area contributed by atoms with Crippen LogP contribution in [0.1, 0.15) is 60.8 Å². The molecular weight excluding hydrogens is 354 g/mol. The largest absolute Gasteiger partial charge is 0.297 e. The lowest BCUT2D eigenvalue weighted by Gasteiger charge is -2.29. The molecule has 0 amide bonds. The fourth-order valence-electron chi connectivity index (χ4n) is 6.95. The van der Waals surface area contributed by atoms with E-state index in [0.29, 0.717) is 16.2 Å². The molecule has 2 bridgehead atoms. The van der Waals surface area contributed by atoms with Crippen LogP contribution < -0.4 is 0 Å². The number of fused-ring (bicyclic) bond motifs is 7. The summed E-state index contributed by atoms with van der Waals surface area (Å²) in [5.41, 5.74) is 1.57. The molecule has 0 N–H and O–H groups in total. The van der Waals surface area contributed by atoms with E-state index < -0.39 is 0 Å². The highest BCUT2D eigenvalue weighted by Crippen LogP contribution is 2.59. The Morgan fingerprint density at radius 3 is 2.24 bits per heavy atom. The van der Waals surface area contributed by atoms with Crippen molar-refractivity contribution in [3.05, 3.63) is 12.2 Å². The summed E-state index contributed by atoms with van der Waals surface area (Å²) in [7, 11) is 0. The summed E-state index contributed by atoms with van der Waals surface area (Å²) in [4.78, 5) is 12.9. The molecule has 29 heavy (non-hydrogen) atoms. The van der Waals surface area contributed by atoms with Crippen LogP contribution in [0.5, 0.6) is 0 Å². The minimum atomic E-state index is 0. The molecule has 0 spiro atoms. The Labute approximate surface area is 178 Å². The van der Waals surface area contributed by atoms with Crippen molar-refractivity contribution in [3.8, 4) is 0 Å². The molecular formula is C26H41N3. The Kier molecular flexibility index (Phi) is 5.19. The van der Waals surface area contributed by atoms with E-state index in [-0.39, 0.29) is 7.43 Å². The van der Waals surface area contributed by atoms with Crippen LogP contribution in [-0.4, -0.2) is 38.3 Å². The third-order valence-corrected chi connectivity index (χ3v) is 9.52. The summed E-state index contributed by atoms with van der Waals surface area (Å²) >= 11 is 0. The summed E-state index contributed by atoms with van der Waals surface area (Å²) in [5, 5.41) is 0. The molecule has 160 valence electrons. The van der Waals surface area contributed by atoms with Crippen molar-refractivity contribution < 1.29 is 0 Å². The average Bonchev–Trinajstić information content (AvgIpc) is 3.35. The van der Waals surface area contributed by atoms with Gasteiger partial charge in [-0.25, -0.2) is 0 Å². The molecule has 3 saturated carbocycles. The van der Waals surface area contributed by atoms with Gasteiger partial charge in [0.15, 0.2) is 0 Å². The van der Waals surface area contributed by atoms with Crippen molar-refractivity contribution in [2.45, 2.75) is 60.8 Å². The molecule has 3 nitrogen and oxygen atoms in total. The van der Waals surface area contributed by atoms with Gasteiger partial charge in [-0.3, -0.25) is 15.0 Å². The zero-order valence-corrected chi connectivity index (χ0v) is 18.1. The summed E-state index contributed by atoms with van der Waals surface area (Å²) in [5.74, 6) is 5.15. The lowest BCUT2D eigenvalue weighted by Crippen LogP contribution is -2.30. The number of aliphatic imine (C=N–C) groups is 3. The molecule has 0 aromatic carbocycles. The van der Waals surface area contributed by atoms with Crippen molar-refractivity contribution in [1.82, 2.24) is 0 Å². The van der Waals surface area contributed by atoms with Gasteiger partial charge in [0.05, 0.1) is 0 Å². The van der Waals surface area contributed by atoms with E-state index in [4.69, 9.17) is 0 Å². The number of hydrogen-bond donors (Lipinski definition) is 0. The minimum Gasteiger partial charge on any atom is -0.297 e. The van der Waals surface area contributed by atoms with E-state index in [0.717, 1.165) is 55.1 Å². The van der Waals surface area contributed by atoms with Crippen molar-refractivity contribution in [3.63, 3.8) is 0 Å². The monoisotopic (exact) mass is 395 g/mol. The SMILES string of the molecule is C.CC1(C)[C@@H]2C=NC[C@@H]21.C[C@@]12C=NC[C@@H]1CCC2.C[C@@]12C=NC[C@@H]1[C@@H]1C=C[C@H]2C1. The smallest absolute Gasteiger partial charge is 0.0428 e. The van der Waals surface area contributed by atoms with Crippen LogP contribution in [0.2, 0.25) is 0 Å². The van der Waals surface area contributed by atoms with Gasteiger partial charge in [0, 0.05) is 55.0 Å². The molecule has 3 heteroatoms. The summed E-state index contributed by atoms with van der Waals surface area (Å²) in [6.45, 7) is 12.7. The predicted octanol–water partition coefficient (Wildman–Crippen LogP) is 5.76. The van der Waals surface area contributed by atoms with Gasteiger partial charge in [-0.1, -0.05) is 53.7 Å². The number of hydrogen-bond acceptors (Lipinski definition) is 3. The topological polar surface area (TPSA) is 37.1 Å². The first kappa shape index (κ1) is 21.0. The van der Waals surface area contributed by atoms with Crippen LogP contribution in [0.15, 0.2) is 27.1 Å². The van der Waals surface area contributed by atoms with Crippen molar-refractivity contribution in [2.75, 3.05) is 19.6 Å². The van der Waals surface area contributed by atoms with E-state index in [9.17, 15) is 0 Å². The molecule has 0 unspecified atom stereocenters. The van der Waals surface area contributed by atoms with Crippen LogP contribution in [0.25, 0.3) is 0 Å². The van der Waals surface area contributed by atoms with Crippen LogP contribution in [0, 0.1) is 51.8 Å². The van der Waals surface area contributed by atoms with Crippen LogP contribution in [0.4, 0.5) is 0 Å². The van der Waals surface area contributed by atoms with Gasteiger partial charge in [-0.05, 0) is 54.3 Å². The maximum absolute atomic E-state index is 4.42. The maximum Gasteiger partial charge on any atom is 0.0428 e. The Bertz CT molecular complexity index is 747. The van der Waals surface area contributed by atoms with E-state index in [1.165, 1.54) is 25.7 Å². The number of rotatable bonds is 0. The molecule has 3 heterocycles. The first-order valence-electron chi connectivity index (χ1n) is 11.5. The van der Waals surface area contributed by atoms with E-state index in [1.54, 1.807) is 0 Å². The second kappa shape index (κ2) is 7.17. The Balaban J connectivity index is 0.000000106. The lowest BCUT2D eigenvalue weighted by molar-refractivity contribution is 0.297. The van der Waals surface area contributed by atoms with Gasteiger partial charge in [0.2, 0.25) is 0 Å². The van der Waals surface area contributed by atoms with E-state index >= 15 is 0 Å². The van der Waals surface area contributed by atoms with Crippen LogP contribution in [0.3, 0.4) is 0 Å². The van der Waals surface area contributed by atoms with Gasteiger partial charge in [-0.2, -0.15) is 0 Å². The van der Waals surface area contributed by atoms with Crippen molar-refractivity contribution in [2.24, 2.45) is 66.7 Å². The molecule has 0 aromatic rings. The highest BCUT2D eigenvalue weighted by molar-refractivity contribution is 5.71. The van der Waals surface area contributed by atoms with Gasteiger partial charge < -0.3 is 0 Å². The van der Waals surface area contributed by atoms with Crippen molar-refractivity contribution >= 4 is 18.6 Å². The molecule has 7 rings (SSSR count). The highest BCUT2D eigenvalue weighted by atomic mass is 14.9. The molecule has 0 saturated heterocycles. The summed E-state index contributed by atoms with van der Waals surface area (Å²) in [6.07, 6.45) is 16.9. The van der Waals surface area contributed by atoms with Gasteiger partial charge in [-0.15, -0.1) is 0 Å². The van der Waals surface area contributed by atoms with Crippen molar-refractivity contribution in [1.29, 1.82) is 0 Å². The fourth-order valence-corrected chi connectivity index (χ4v) is 6.95. The Morgan fingerprint density at radius 1 is 0.862 bits per heavy atom. The highest BCUT2D eigenvalue weighted by Gasteiger charge is 2.58. The normalized spacial score (nSPS) is 49.5. The minimum absolute atomic E-state index is 0. The quantitative estimate of drug-likeness (QED) is 0.468. The first-order valence-corrected chi connectivity index (χ1v) is 11.5. The molecule has 4 aliphatic carbocycles. The summed E-state index contributed by atoms with van der Waals surface area (Å²) in [6, 6.07) is 0. The van der Waals surface area contributed by atoms with E-state index in [1.807, 2.05) is 0 Å². The first-order chi connectivity index (χ1) is 13.3. The van der Waals surface area contributed by atoms with Crippen LogP contribution in [-0.2, 0) is 0 Å². The zero-order valence-electron chi connectivity index (χ0n) is 18.1. The summed E-state index contributed by atoms with van der Waals surface area (Å²) < 4.78 is 0. The van der Waals surface area contributed by atoms with Crippen LogP contribution >= 0.6 is 0 Å². The molecule has 3 aliphatic heterocycles. The zero-order chi connectivity index (χ0) is 19.6. The molecule has 7 aliphatic rings. The molecule has 8 atom stereocenters. The third-order valence-electron chi connectivity index (χ3n) is 9.52. The molecule has 3 fully saturated rings. The predicted molar refractivity (Wildman–Crippen MR) is 125 cm³/mol. The Hall–Kier alpha value is -1.25. The van der Waals surface area contributed by atoms with Gasteiger partial charge in [0.1, 0.15) is 0 Å². The van der Waals surface area contributed by atoms with Gasteiger partial charge >= 0.3 is 0 Å². The standard InChI is InChI=1S/C10H13N.C8H13N.C7H11N.CH4/c1-10-6-11-5-9(10)7-2-3-8(10)4-7;1-8-4-2-3-7(8)5-9-6-8;1-7(2)5-3-8-4-6(5)7;/h2-3,6-9H,4-5H2,1H3;6-7H,2-5H2,1H3;3,5-6H,4H2,1-2H3;1H4/t7-,8+,9-,10+;7-,8+;5-,6+;/m101./s1. The third kappa shape index (κ3) is 3.27. The Morgan fingerprint density at radius 2 is 1.62 bits per heavy atom. The fraction of sp³-hybridized carbons (Fsp3) is 0.808. The van der Waals surface area contributed by atoms with Gasteiger partial charge in [0.25, 0.3) is 0 Å². The second-order valence-corrected chi connectivity index (χ2v) is 11.4. The lowest BCUT2D eigenvalue weighted by atomic mass is 9.72. The number of nitrogens with zero attached hydrogens (tertiary/aromatic N) is 3. The van der Waals surface area contributed by atoms with E-state index in [2.05, 4.69) is 73.5 Å².